The molecular weight excluding hydrogens is 522 g/mol. The SMILES string of the molecule is COC(=O)C(Cc1c[nH]c2ccccc12)NC(=O)C1CCCN1C(=O)C1CCCN1C(=O)C(N)Cc1ccccc1. The predicted octanol–water partition coefficient (Wildman–Crippen LogP) is 1.92. The molecule has 0 aliphatic carbocycles. The van der Waals surface area contributed by atoms with E-state index in [-0.39, 0.29) is 18.2 Å². The maximum absolute atomic E-state index is 13.8. The lowest BCUT2D eigenvalue weighted by Gasteiger charge is -2.32. The summed E-state index contributed by atoms with van der Waals surface area (Å²) in [4.78, 5) is 59.6. The number of aromatic nitrogens is 1. The van der Waals surface area contributed by atoms with E-state index >= 15 is 0 Å². The van der Waals surface area contributed by atoms with Crippen molar-refractivity contribution in [2.75, 3.05) is 20.2 Å². The molecule has 10 heteroatoms. The van der Waals surface area contributed by atoms with Crippen LogP contribution in [0.3, 0.4) is 0 Å². The molecule has 0 saturated carbocycles. The second-order valence-electron chi connectivity index (χ2n) is 10.8. The van der Waals surface area contributed by atoms with Gasteiger partial charge in [-0.3, -0.25) is 14.4 Å². The maximum atomic E-state index is 13.8. The largest absolute Gasteiger partial charge is 0.467 e. The molecule has 3 aromatic rings. The molecule has 2 fully saturated rings. The Morgan fingerprint density at radius 1 is 0.951 bits per heavy atom. The van der Waals surface area contributed by atoms with E-state index in [0.717, 1.165) is 22.0 Å². The van der Waals surface area contributed by atoms with Crippen LogP contribution in [0, 0.1) is 0 Å². The highest BCUT2D eigenvalue weighted by molar-refractivity contribution is 5.95. The van der Waals surface area contributed by atoms with Crippen molar-refractivity contribution < 1.29 is 23.9 Å². The smallest absolute Gasteiger partial charge is 0.328 e. The molecule has 4 N–H and O–H groups in total. The second kappa shape index (κ2) is 12.6. The van der Waals surface area contributed by atoms with Gasteiger partial charge in [-0.1, -0.05) is 48.5 Å². The summed E-state index contributed by atoms with van der Waals surface area (Å²) in [5.74, 6) is -1.46. The van der Waals surface area contributed by atoms with Crippen molar-refractivity contribution in [3.8, 4) is 0 Å². The summed E-state index contributed by atoms with van der Waals surface area (Å²) in [7, 11) is 1.29. The normalized spacial score (nSPS) is 20.1. The van der Waals surface area contributed by atoms with Gasteiger partial charge < -0.3 is 30.6 Å². The Kier molecular flexibility index (Phi) is 8.68. The molecule has 4 unspecified atom stereocenters. The minimum atomic E-state index is -0.912. The summed E-state index contributed by atoms with van der Waals surface area (Å²) < 4.78 is 5.00. The molecule has 4 atom stereocenters. The van der Waals surface area contributed by atoms with E-state index < -0.39 is 36.0 Å². The number of H-pyrrole nitrogens is 1. The standard InChI is InChI=1S/C31H37N5O5/c1-41-31(40)25(18-21-19-33-24-12-6-5-11-22(21)24)34-28(37)26-13-7-15-35(26)30(39)27-14-8-16-36(27)29(38)23(32)17-20-9-3-2-4-10-20/h2-6,9-12,19,23,25-27,33H,7-8,13-18,32H2,1H3,(H,34,37). The van der Waals surface area contributed by atoms with Crippen molar-refractivity contribution >= 4 is 34.6 Å². The average Bonchev–Trinajstić information content (AvgIpc) is 3.76. The van der Waals surface area contributed by atoms with Gasteiger partial charge in [-0.2, -0.15) is 0 Å². The molecule has 2 aliphatic heterocycles. The number of benzene rings is 2. The monoisotopic (exact) mass is 559 g/mol. The Morgan fingerprint density at radius 3 is 2.39 bits per heavy atom. The topological polar surface area (TPSA) is 138 Å². The molecule has 41 heavy (non-hydrogen) atoms. The molecule has 2 aliphatic rings. The fourth-order valence-electron chi connectivity index (χ4n) is 6.07. The molecule has 1 aromatic heterocycles. The van der Waals surface area contributed by atoms with E-state index in [0.29, 0.717) is 45.2 Å². The lowest BCUT2D eigenvalue weighted by atomic mass is 10.0. The summed E-state index contributed by atoms with van der Waals surface area (Å²) >= 11 is 0. The van der Waals surface area contributed by atoms with Gasteiger partial charge in [-0.15, -0.1) is 0 Å². The third-order valence-electron chi connectivity index (χ3n) is 8.18. The van der Waals surface area contributed by atoms with E-state index in [9.17, 15) is 19.2 Å². The number of para-hydroxylation sites is 1. The van der Waals surface area contributed by atoms with E-state index in [4.69, 9.17) is 10.5 Å². The Morgan fingerprint density at radius 2 is 1.63 bits per heavy atom. The number of methoxy groups -OCH3 is 1. The number of aromatic amines is 1. The zero-order valence-corrected chi connectivity index (χ0v) is 23.3. The second-order valence-corrected chi connectivity index (χ2v) is 10.8. The first-order valence-corrected chi connectivity index (χ1v) is 14.2. The van der Waals surface area contributed by atoms with Crippen molar-refractivity contribution in [3.05, 3.63) is 71.9 Å². The number of nitrogens with two attached hydrogens (primary N) is 1. The lowest BCUT2D eigenvalue weighted by molar-refractivity contribution is -0.149. The van der Waals surface area contributed by atoms with Crippen molar-refractivity contribution in [3.63, 3.8) is 0 Å². The highest BCUT2D eigenvalue weighted by atomic mass is 16.5. The van der Waals surface area contributed by atoms with Crippen LogP contribution in [-0.4, -0.2) is 82.8 Å². The predicted molar refractivity (Wildman–Crippen MR) is 154 cm³/mol. The number of hydrogen-bond acceptors (Lipinski definition) is 6. The third kappa shape index (κ3) is 6.12. The number of amides is 3. The van der Waals surface area contributed by atoms with Crippen LogP contribution >= 0.6 is 0 Å². The number of ether oxygens (including phenoxy) is 1. The Hall–Kier alpha value is -4.18. The van der Waals surface area contributed by atoms with Gasteiger partial charge in [-0.05, 0) is 49.3 Å². The number of fused-ring (bicyclic) bond motifs is 1. The molecule has 216 valence electrons. The molecule has 0 spiro atoms. The van der Waals surface area contributed by atoms with Crippen LogP contribution < -0.4 is 11.1 Å². The number of rotatable bonds is 9. The van der Waals surface area contributed by atoms with Gasteiger partial charge >= 0.3 is 5.97 Å². The number of nitrogens with one attached hydrogen (secondary N) is 2. The number of esters is 1. The highest BCUT2D eigenvalue weighted by Gasteiger charge is 2.43. The van der Waals surface area contributed by atoms with Gasteiger partial charge in [0.25, 0.3) is 0 Å². The summed E-state index contributed by atoms with van der Waals surface area (Å²) in [5, 5.41) is 3.81. The summed E-state index contributed by atoms with van der Waals surface area (Å²) in [6.07, 6.45) is 4.81. The van der Waals surface area contributed by atoms with Crippen LogP contribution in [0.25, 0.3) is 10.9 Å². The quantitative estimate of drug-likeness (QED) is 0.343. The number of carbonyl (C=O) groups excluding carboxylic acids is 4. The van der Waals surface area contributed by atoms with Crippen LogP contribution in [0.5, 0.6) is 0 Å². The molecule has 0 bridgehead atoms. The van der Waals surface area contributed by atoms with Crippen molar-refractivity contribution in [2.45, 2.75) is 62.7 Å². The van der Waals surface area contributed by atoms with Gasteiger partial charge in [0, 0.05) is 36.6 Å². The van der Waals surface area contributed by atoms with E-state index in [1.165, 1.54) is 7.11 Å². The minimum Gasteiger partial charge on any atom is -0.467 e. The van der Waals surface area contributed by atoms with Crippen molar-refractivity contribution in [1.82, 2.24) is 20.1 Å². The fraction of sp³-hybridized carbons (Fsp3) is 0.419. The molecule has 2 aromatic carbocycles. The molecule has 2 saturated heterocycles. The molecule has 3 amide bonds. The Labute approximate surface area is 239 Å². The maximum Gasteiger partial charge on any atom is 0.328 e. The number of carbonyl (C=O) groups is 4. The molecule has 10 nitrogen and oxygen atoms in total. The van der Waals surface area contributed by atoms with Crippen LogP contribution in [0.2, 0.25) is 0 Å². The number of likely N-dealkylation sites (tertiary alicyclic amines) is 2. The van der Waals surface area contributed by atoms with Crippen LogP contribution in [-0.2, 0) is 36.8 Å². The van der Waals surface area contributed by atoms with Gasteiger partial charge in [0.15, 0.2) is 0 Å². The van der Waals surface area contributed by atoms with E-state index in [1.807, 2.05) is 60.8 Å². The molecular formula is C31H37N5O5. The van der Waals surface area contributed by atoms with Gasteiger partial charge in [0.05, 0.1) is 13.2 Å². The van der Waals surface area contributed by atoms with Crippen LogP contribution in [0.15, 0.2) is 60.8 Å². The van der Waals surface area contributed by atoms with E-state index in [2.05, 4.69) is 10.3 Å². The molecule has 5 rings (SSSR count). The molecule has 0 radical (unpaired) electrons. The van der Waals surface area contributed by atoms with Crippen LogP contribution in [0.4, 0.5) is 0 Å². The van der Waals surface area contributed by atoms with Gasteiger partial charge in [0.1, 0.15) is 18.1 Å². The fourth-order valence-corrected chi connectivity index (χ4v) is 6.07. The Balaban J connectivity index is 1.26. The van der Waals surface area contributed by atoms with Crippen molar-refractivity contribution in [1.29, 1.82) is 0 Å². The number of hydrogen-bond donors (Lipinski definition) is 3. The minimum absolute atomic E-state index is 0.243. The third-order valence-corrected chi connectivity index (χ3v) is 8.18. The highest BCUT2D eigenvalue weighted by Crippen LogP contribution is 2.26. The van der Waals surface area contributed by atoms with Crippen molar-refractivity contribution in [2.24, 2.45) is 5.73 Å². The zero-order chi connectivity index (χ0) is 28.9. The first-order chi connectivity index (χ1) is 19.9. The summed E-state index contributed by atoms with van der Waals surface area (Å²) in [5.41, 5.74) is 9.05. The van der Waals surface area contributed by atoms with Gasteiger partial charge in [-0.25, -0.2) is 4.79 Å². The van der Waals surface area contributed by atoms with Gasteiger partial charge in [0.2, 0.25) is 17.7 Å². The molecule has 3 heterocycles. The first kappa shape index (κ1) is 28.4. The first-order valence-electron chi connectivity index (χ1n) is 14.2. The van der Waals surface area contributed by atoms with E-state index in [1.54, 1.807) is 9.80 Å². The number of nitrogens with zero attached hydrogens (tertiary/aromatic N) is 2. The Bertz CT molecular complexity index is 1410. The average molecular weight is 560 g/mol. The lowest BCUT2D eigenvalue weighted by Crippen LogP contribution is -2.56. The summed E-state index contributed by atoms with van der Waals surface area (Å²) in [6, 6.07) is 14.2. The summed E-state index contributed by atoms with van der Waals surface area (Å²) in [6.45, 7) is 0.869. The zero-order valence-electron chi connectivity index (χ0n) is 23.3. The van der Waals surface area contributed by atoms with Crippen LogP contribution in [0.1, 0.15) is 36.8 Å².